The standard InChI is InChI=1S/C19H13ClFN3O3S.C12H9ClO3S.C7H8FN3O.I8.I4/c1-2-27-19(26)16-14(13-9(20)4-3-5-12(13)28-16)18-23-11-7-8(17(22)25)6-10(21)15(11)24-18;1-2-16-12(15)11-7(6-14)10-8(13)4-3-5-9(10)17-11;8-4-1-3(7(11)12)2-5(9)6(4)10;1-6(2)8(5)7(3)4;1-4(2)3/h3-7H,2H2,1H3,(H2,22,25)(H,23,24);3-6H,2H2,1H3;1-2H,9-10H2,(H2,11,12);;. The van der Waals surface area contributed by atoms with Crippen molar-refractivity contribution < 1.29 is 42.2 Å². The minimum absolute atomic E-state index is 0.0130. The summed E-state index contributed by atoms with van der Waals surface area (Å²) in [4.78, 5) is 65.2. The molecule has 3 heterocycles. The molecule has 378 valence electrons. The summed E-state index contributed by atoms with van der Waals surface area (Å²) in [6, 6.07) is 15.2. The maximum absolute atomic E-state index is 14.4. The van der Waals surface area contributed by atoms with Gasteiger partial charge in [-0.3, -0.25) is 14.4 Å². The number of halogens is 16. The van der Waals surface area contributed by atoms with Crippen molar-refractivity contribution in [3.8, 4) is 11.4 Å². The van der Waals surface area contributed by atoms with Gasteiger partial charge in [-0.1, -0.05) is 35.3 Å². The number of anilines is 2. The summed E-state index contributed by atoms with van der Waals surface area (Å²) in [5, 5.41) is 2.14. The Kier molecular flexibility index (Phi) is 31.0. The number of esters is 2. The number of hydrogen-bond donors (Lipinski definition) is 5. The number of imidazole rings is 1. The molecule has 0 aliphatic carbocycles. The van der Waals surface area contributed by atoms with E-state index in [2.05, 4.69) is 159 Å². The number of aromatic nitrogens is 2. The van der Waals surface area contributed by atoms with Crippen molar-refractivity contribution >= 4 is 299 Å². The number of H-pyrrole nitrogens is 1. The number of carbonyl (C=O) groups is 5. The molecule has 69 heavy (non-hydrogen) atoms. The number of nitrogens with one attached hydrogen (secondary N) is 1. The van der Waals surface area contributed by atoms with Crippen LogP contribution < -0.4 is 22.9 Å². The Labute approximate surface area is 509 Å². The number of primary amides is 2. The van der Waals surface area contributed by atoms with Crippen LogP contribution in [0.4, 0.5) is 20.2 Å². The number of ether oxygens (including phenoxy) is 2. The molecule has 0 spiro atoms. The molecule has 0 atom stereocenters. The van der Waals surface area contributed by atoms with Gasteiger partial charge in [-0.25, -0.2) is 23.4 Å². The molecule has 0 bridgehead atoms. The zero-order valence-corrected chi connectivity index (χ0v) is 63.3. The van der Waals surface area contributed by atoms with Crippen LogP contribution in [0.2, 0.25) is 10.0 Å². The van der Waals surface area contributed by atoms with Crippen molar-refractivity contribution in [2.75, 3.05) is 24.7 Å². The van der Waals surface area contributed by atoms with E-state index in [1.54, 1.807) is 38.1 Å². The first-order valence-corrected chi connectivity index (χ1v) is 83.1. The van der Waals surface area contributed by atoms with Crippen LogP contribution in [0.1, 0.15) is 64.3 Å². The molecule has 3 aromatic heterocycles. The van der Waals surface area contributed by atoms with E-state index in [9.17, 15) is 32.8 Å². The molecular weight excluding hydrogens is 2350 g/mol. The Morgan fingerprint density at radius 1 is 0.739 bits per heavy atom. The van der Waals surface area contributed by atoms with E-state index in [1.807, 2.05) is 12.1 Å². The maximum Gasteiger partial charge on any atom is 0.248 e. The van der Waals surface area contributed by atoms with Gasteiger partial charge in [-0.2, -0.15) is 0 Å². The molecule has 7 aromatic rings. The summed E-state index contributed by atoms with van der Waals surface area (Å²) in [7, 11) is -1.30. The molecule has 31 heteroatoms. The summed E-state index contributed by atoms with van der Waals surface area (Å²) < 4.78 is 38.9. The first-order valence-electron chi connectivity index (χ1n) is 17.9. The Hall–Kier alpha value is 2.62. The molecule has 0 unspecified atom stereocenters. The van der Waals surface area contributed by atoms with Crippen molar-refractivity contribution in [1.29, 1.82) is 0 Å². The predicted octanol–water partition coefficient (Wildman–Crippen LogP) is 18.8. The van der Waals surface area contributed by atoms with E-state index in [4.69, 9.17) is 55.6 Å². The Balaban J connectivity index is 0.000000262. The van der Waals surface area contributed by atoms with Crippen LogP contribution in [-0.4, -0.2) is 53.2 Å². The molecule has 9 N–H and O–H groups in total. The van der Waals surface area contributed by atoms with Gasteiger partial charge in [0.1, 0.15) is 26.9 Å². The third-order valence-electron chi connectivity index (χ3n) is 8.08. The van der Waals surface area contributed by atoms with Gasteiger partial charge in [0.25, 0.3) is 0 Å². The monoisotopic (exact) mass is 2380 g/mol. The number of thiophene rings is 2. The topological polar surface area (TPSA) is 237 Å². The van der Waals surface area contributed by atoms with Crippen LogP contribution in [-0.2, 0) is 9.47 Å². The second-order valence-electron chi connectivity index (χ2n) is 12.2. The number of aromatic amines is 1. The number of nitrogen functional groups attached to an aromatic ring is 2. The van der Waals surface area contributed by atoms with Gasteiger partial charge in [-0.05, 0) is 62.4 Å². The van der Waals surface area contributed by atoms with Crippen LogP contribution in [0.3, 0.4) is 0 Å². The van der Waals surface area contributed by atoms with Gasteiger partial charge in [0.05, 0.1) is 40.7 Å². The first kappa shape index (κ1) is 65.9. The van der Waals surface area contributed by atoms with Crippen LogP contribution in [0.15, 0.2) is 60.7 Å². The third-order valence-corrected chi connectivity index (χ3v) is 341. The fourth-order valence-electron chi connectivity index (χ4n) is 5.41. The van der Waals surface area contributed by atoms with Crippen molar-refractivity contribution in [3.05, 3.63) is 109 Å². The molecule has 2 amide bonds. The summed E-state index contributed by atoms with van der Waals surface area (Å²) in [6.45, 7) is 3.91. The summed E-state index contributed by atoms with van der Waals surface area (Å²) in [6.07, 6.45) is 0.650. The van der Waals surface area contributed by atoms with E-state index in [-0.39, 0.29) is 84.2 Å². The van der Waals surface area contributed by atoms with Crippen LogP contribution in [0.25, 0.3) is 42.6 Å². The van der Waals surface area contributed by atoms with Crippen molar-refractivity contribution in [1.82, 2.24) is 9.97 Å². The van der Waals surface area contributed by atoms with Crippen molar-refractivity contribution in [2.45, 2.75) is 13.8 Å². The molecule has 13 nitrogen and oxygen atoms in total. The number of carbonyl (C=O) groups excluding carboxylic acids is 5. The van der Waals surface area contributed by atoms with Crippen molar-refractivity contribution in [2.24, 2.45) is 11.5 Å². The zero-order valence-electron chi connectivity index (χ0n) is 34.2. The van der Waals surface area contributed by atoms with Gasteiger partial charge >= 0.3 is 192 Å². The minimum atomic E-state index is -0.756. The summed E-state index contributed by atoms with van der Waals surface area (Å²) in [5.41, 5.74) is 21.6. The van der Waals surface area contributed by atoms with Crippen LogP contribution in [0.5, 0.6) is 0 Å². The smallest absolute Gasteiger partial charge is 0.248 e. The van der Waals surface area contributed by atoms with Crippen LogP contribution in [0, 0.1) is 11.6 Å². The Morgan fingerprint density at radius 2 is 1.20 bits per heavy atom. The summed E-state index contributed by atoms with van der Waals surface area (Å²) >= 11 is 35.9. The average molecular weight is 2380 g/mol. The van der Waals surface area contributed by atoms with Crippen LogP contribution >= 0.6 is 226 Å². The van der Waals surface area contributed by atoms with E-state index < -0.39 is 35.4 Å². The molecule has 0 saturated heterocycles. The molecule has 0 aliphatic heterocycles. The van der Waals surface area contributed by atoms with Crippen molar-refractivity contribution in [3.63, 3.8) is 0 Å². The first-order chi connectivity index (χ1) is 32.4. The zero-order chi connectivity index (χ0) is 52.0. The Morgan fingerprint density at radius 3 is 1.67 bits per heavy atom. The Bertz CT molecular complexity index is 2960. The fraction of sp³-hybridized carbons (Fsp3) is 0.105. The average Bonchev–Trinajstić information content (AvgIpc) is 4.00. The van der Waals surface area contributed by atoms with E-state index in [0.717, 1.165) is 21.5 Å². The van der Waals surface area contributed by atoms with Gasteiger partial charge < -0.3 is 37.4 Å². The number of hydrogen-bond acceptors (Lipinski definition) is 12. The third kappa shape index (κ3) is 19.5. The van der Waals surface area contributed by atoms with Gasteiger partial charge in [0, 0.05) is 41.9 Å². The van der Waals surface area contributed by atoms with E-state index in [1.165, 1.54) is 34.8 Å². The molecular formula is C38H30Cl2F2I12N6O7S2. The molecule has 0 radical (unpaired) electrons. The van der Waals surface area contributed by atoms with E-state index >= 15 is 0 Å². The fourth-order valence-corrected chi connectivity index (χ4v) is 427. The number of rotatable bonds is 10. The van der Waals surface area contributed by atoms with Gasteiger partial charge in [0.15, 0.2) is 12.1 Å². The second kappa shape index (κ2) is 32.5. The molecule has 0 aliphatic rings. The van der Waals surface area contributed by atoms with Gasteiger partial charge in [-0.15, -0.1) is 22.7 Å². The normalized spacial score (nSPS) is 11.3. The quantitative estimate of drug-likeness (QED) is 0.0376. The molecule has 7 rings (SSSR count). The predicted molar refractivity (Wildman–Crippen MR) is 387 cm³/mol. The number of nitrogens with zero attached hydrogens (tertiary/aromatic N) is 1. The second-order valence-corrected chi connectivity index (χ2v) is 210. The largest absolute Gasteiger partial charge is 0.397 e. The number of amides is 2. The number of benzene rings is 4. The number of nitrogens with two attached hydrogens (primary N) is 4. The number of fused-ring (bicyclic) bond motifs is 3. The van der Waals surface area contributed by atoms with Gasteiger partial charge in [0.2, 0.25) is 11.8 Å². The molecule has 0 saturated carbocycles. The number of aldehydes is 1. The van der Waals surface area contributed by atoms with E-state index in [0.29, 0.717) is 48.0 Å². The summed E-state index contributed by atoms with van der Waals surface area (Å²) in [5.74, 6) is -3.67. The minimum Gasteiger partial charge on any atom is -0.397 e. The maximum atomic E-state index is 14.4. The SMILES string of the molecule is CCOC(=O)c1sc2cccc(Cl)c2c1-c1nc2c(F)cc(C(N)=O)cc2[nH]1.CCOC(=O)c1sc2cccc(Cl)c2c1C=O.II(I)I.II(I)I(I)I(I)I.NC(=O)c1cc(N)c(N)c(F)c1. The molecule has 0 fully saturated rings. The molecule has 4 aromatic carbocycles.